The zero-order valence-corrected chi connectivity index (χ0v) is 11.8. The van der Waals surface area contributed by atoms with E-state index in [9.17, 15) is 4.79 Å². The number of nitrogens with zero attached hydrogens (tertiary/aromatic N) is 3. The van der Waals surface area contributed by atoms with E-state index in [4.69, 9.17) is 9.26 Å². The van der Waals surface area contributed by atoms with Crippen LogP contribution in [0.2, 0.25) is 0 Å². The van der Waals surface area contributed by atoms with Gasteiger partial charge in [-0.05, 0) is 18.4 Å². The van der Waals surface area contributed by atoms with Gasteiger partial charge in [-0.25, -0.2) is 5.10 Å². The van der Waals surface area contributed by atoms with Crippen molar-refractivity contribution in [2.75, 3.05) is 11.9 Å². The van der Waals surface area contributed by atoms with Crippen LogP contribution in [0.1, 0.15) is 17.4 Å². The maximum absolute atomic E-state index is 12.0. The number of nitrogens with one attached hydrogen (secondary N) is 2. The van der Waals surface area contributed by atoms with Gasteiger partial charge in [0.25, 0.3) is 5.91 Å². The predicted octanol–water partition coefficient (Wildman–Crippen LogP) is 2.17. The van der Waals surface area contributed by atoms with E-state index in [1.165, 1.54) is 11.3 Å². The van der Waals surface area contributed by atoms with E-state index in [2.05, 4.69) is 25.7 Å². The fraction of sp³-hybridized carbons (Fsp3) is 0.167. The molecule has 0 atom stereocenters. The van der Waals surface area contributed by atoms with E-state index in [1.54, 1.807) is 6.07 Å². The van der Waals surface area contributed by atoms with E-state index in [1.807, 2.05) is 24.4 Å². The highest BCUT2D eigenvalue weighted by molar-refractivity contribution is 7.13. The number of carbonyl (C=O) groups is 1. The molecule has 0 radical (unpaired) electrons. The quantitative estimate of drug-likeness (QED) is 0.748. The van der Waals surface area contributed by atoms with Crippen LogP contribution in [-0.2, 0) is 0 Å². The fourth-order valence-corrected chi connectivity index (χ4v) is 2.26. The first-order valence-electron chi connectivity index (χ1n) is 6.13. The topological polar surface area (TPSA) is 106 Å². The summed E-state index contributed by atoms with van der Waals surface area (Å²) in [7, 11) is 0. The smallest absolute Gasteiger partial charge is 0.337 e. The molecule has 108 valence electrons. The summed E-state index contributed by atoms with van der Waals surface area (Å²) in [5.74, 6) is 0.285. The molecule has 0 saturated carbocycles. The van der Waals surface area contributed by atoms with E-state index >= 15 is 0 Å². The van der Waals surface area contributed by atoms with Crippen LogP contribution in [0.25, 0.3) is 10.6 Å². The van der Waals surface area contributed by atoms with Crippen LogP contribution in [0.4, 0.5) is 5.95 Å². The number of anilines is 1. The lowest BCUT2D eigenvalue weighted by Crippen LogP contribution is -2.13. The minimum atomic E-state index is -0.444. The Labute approximate surface area is 123 Å². The Morgan fingerprint density at radius 3 is 3.24 bits per heavy atom. The van der Waals surface area contributed by atoms with Crippen LogP contribution >= 0.6 is 11.3 Å². The lowest BCUT2D eigenvalue weighted by molar-refractivity contribution is 0.101. The average Bonchev–Trinajstić information content (AvgIpc) is 3.20. The van der Waals surface area contributed by atoms with Crippen molar-refractivity contribution < 1.29 is 14.1 Å². The van der Waals surface area contributed by atoms with E-state index in [-0.39, 0.29) is 17.7 Å². The van der Waals surface area contributed by atoms with Crippen LogP contribution in [-0.4, -0.2) is 32.9 Å². The van der Waals surface area contributed by atoms with Crippen molar-refractivity contribution in [2.24, 2.45) is 0 Å². The molecule has 9 heteroatoms. The Kier molecular flexibility index (Phi) is 3.65. The molecule has 3 aromatic heterocycles. The lowest BCUT2D eigenvalue weighted by atomic mass is 10.3. The molecule has 2 N–H and O–H groups in total. The van der Waals surface area contributed by atoms with Gasteiger partial charge < -0.3 is 9.26 Å². The van der Waals surface area contributed by atoms with Gasteiger partial charge in [-0.15, -0.1) is 16.4 Å². The molecule has 1 amide bonds. The van der Waals surface area contributed by atoms with E-state index in [0.29, 0.717) is 12.4 Å². The van der Waals surface area contributed by atoms with E-state index < -0.39 is 5.91 Å². The number of thiophene rings is 1. The van der Waals surface area contributed by atoms with Gasteiger partial charge in [-0.1, -0.05) is 11.2 Å². The number of rotatable bonds is 5. The van der Waals surface area contributed by atoms with Crippen LogP contribution in [0.5, 0.6) is 6.01 Å². The highest BCUT2D eigenvalue weighted by atomic mass is 32.1. The summed E-state index contributed by atoms with van der Waals surface area (Å²) in [6.07, 6.45) is 0. The minimum absolute atomic E-state index is 0.160. The molecule has 3 rings (SSSR count). The predicted molar refractivity (Wildman–Crippen MR) is 75.3 cm³/mol. The second-order valence-electron chi connectivity index (χ2n) is 3.91. The molecule has 0 aliphatic carbocycles. The summed E-state index contributed by atoms with van der Waals surface area (Å²) in [5.41, 5.74) is 0.160. The minimum Gasteiger partial charge on any atom is -0.463 e. The van der Waals surface area contributed by atoms with Crippen molar-refractivity contribution >= 4 is 23.2 Å². The molecule has 0 aliphatic heterocycles. The molecule has 3 heterocycles. The Bertz CT molecular complexity index is 734. The summed E-state index contributed by atoms with van der Waals surface area (Å²) < 4.78 is 10.2. The van der Waals surface area contributed by atoms with Crippen LogP contribution in [0, 0.1) is 0 Å². The fourth-order valence-electron chi connectivity index (χ4n) is 1.58. The first kappa shape index (κ1) is 13.3. The molecule has 0 unspecified atom stereocenters. The van der Waals surface area contributed by atoms with Gasteiger partial charge in [-0.2, -0.15) is 4.98 Å². The molecule has 0 spiro atoms. The van der Waals surface area contributed by atoms with Gasteiger partial charge >= 0.3 is 6.01 Å². The van der Waals surface area contributed by atoms with Gasteiger partial charge in [0.05, 0.1) is 11.5 Å². The monoisotopic (exact) mass is 305 g/mol. The molecule has 3 aromatic rings. The van der Waals surface area contributed by atoms with Crippen LogP contribution < -0.4 is 10.1 Å². The van der Waals surface area contributed by atoms with Gasteiger partial charge in [-0.3, -0.25) is 10.1 Å². The normalized spacial score (nSPS) is 10.5. The molecule has 0 aliphatic rings. The number of aromatic nitrogens is 4. The number of carbonyl (C=O) groups excluding carboxylic acids is 1. The molecule has 21 heavy (non-hydrogen) atoms. The number of amides is 1. The molecule has 8 nitrogen and oxygen atoms in total. The highest BCUT2D eigenvalue weighted by Crippen LogP contribution is 2.25. The van der Waals surface area contributed by atoms with E-state index in [0.717, 1.165) is 4.88 Å². The van der Waals surface area contributed by atoms with Gasteiger partial charge in [0.1, 0.15) is 0 Å². The maximum Gasteiger partial charge on any atom is 0.337 e. The first-order valence-corrected chi connectivity index (χ1v) is 7.01. The molecule has 0 aromatic carbocycles. The molecule has 0 fully saturated rings. The van der Waals surface area contributed by atoms with Crippen LogP contribution in [0.3, 0.4) is 0 Å². The standard InChI is InChI=1S/C12H11N5O3S/c1-2-19-12-14-11(15-16-12)13-10(18)7-6-8(20-17-7)9-4-3-5-21-9/h3-6H,2H2,1H3,(H2,13,14,15,16,18). The lowest BCUT2D eigenvalue weighted by Gasteiger charge is -1.95. The van der Waals surface area contributed by atoms with Gasteiger partial charge in [0.2, 0.25) is 5.95 Å². The summed E-state index contributed by atoms with van der Waals surface area (Å²) in [6, 6.07) is 5.53. The number of H-pyrrole nitrogens is 1. The third kappa shape index (κ3) is 2.92. The zero-order valence-electron chi connectivity index (χ0n) is 11.0. The van der Waals surface area contributed by atoms with Crippen molar-refractivity contribution in [3.05, 3.63) is 29.3 Å². The second kappa shape index (κ2) is 5.75. The SMILES string of the molecule is CCOc1n[nH]c(NC(=O)c2cc(-c3cccs3)on2)n1. The number of hydrogen-bond donors (Lipinski definition) is 2. The summed E-state index contributed by atoms with van der Waals surface area (Å²) >= 11 is 1.50. The Morgan fingerprint density at radius 1 is 1.57 bits per heavy atom. The van der Waals surface area contributed by atoms with Crippen molar-refractivity contribution in [3.63, 3.8) is 0 Å². The third-order valence-electron chi connectivity index (χ3n) is 2.48. The van der Waals surface area contributed by atoms with Crippen molar-refractivity contribution in [2.45, 2.75) is 6.92 Å². The summed E-state index contributed by atoms with van der Waals surface area (Å²) in [6.45, 7) is 2.26. The van der Waals surface area contributed by atoms with Gasteiger partial charge in [0, 0.05) is 6.07 Å². The first-order chi connectivity index (χ1) is 10.3. The second-order valence-corrected chi connectivity index (χ2v) is 4.86. The van der Waals surface area contributed by atoms with Crippen LogP contribution in [0.15, 0.2) is 28.1 Å². The Hall–Kier alpha value is -2.68. The van der Waals surface area contributed by atoms with Crippen molar-refractivity contribution in [1.82, 2.24) is 20.3 Å². The highest BCUT2D eigenvalue weighted by Gasteiger charge is 2.16. The number of hydrogen-bond acceptors (Lipinski definition) is 7. The Morgan fingerprint density at radius 2 is 2.48 bits per heavy atom. The zero-order chi connectivity index (χ0) is 14.7. The number of aromatic amines is 1. The van der Waals surface area contributed by atoms with Crippen molar-refractivity contribution in [3.8, 4) is 16.6 Å². The van der Waals surface area contributed by atoms with Gasteiger partial charge in [0.15, 0.2) is 11.5 Å². The summed E-state index contributed by atoms with van der Waals surface area (Å²) in [5, 5.41) is 14.5. The third-order valence-corrected chi connectivity index (χ3v) is 3.36. The van der Waals surface area contributed by atoms with Crippen molar-refractivity contribution in [1.29, 1.82) is 0 Å². The number of ether oxygens (including phenoxy) is 1. The molecular formula is C12H11N5O3S. The maximum atomic E-state index is 12.0. The molecule has 0 saturated heterocycles. The molecular weight excluding hydrogens is 294 g/mol. The largest absolute Gasteiger partial charge is 0.463 e. The summed E-state index contributed by atoms with van der Waals surface area (Å²) in [4.78, 5) is 16.9. The Balaban J connectivity index is 1.70. The molecule has 0 bridgehead atoms. The average molecular weight is 305 g/mol.